The summed E-state index contributed by atoms with van der Waals surface area (Å²) < 4.78 is 1.48. The van der Waals surface area contributed by atoms with Crippen LogP contribution >= 0.6 is 0 Å². The smallest absolute Gasteiger partial charge is 0.321 e. The number of carbonyl (C=O) groups is 2. The second-order valence-corrected chi connectivity index (χ2v) is 5.69. The van der Waals surface area contributed by atoms with Crippen LogP contribution in [-0.4, -0.2) is 45.2 Å². The van der Waals surface area contributed by atoms with Crippen LogP contribution in [-0.2, 0) is 0 Å². The van der Waals surface area contributed by atoms with Gasteiger partial charge in [0.2, 0.25) is 0 Å². The van der Waals surface area contributed by atoms with Crippen molar-refractivity contribution in [3.63, 3.8) is 0 Å². The summed E-state index contributed by atoms with van der Waals surface area (Å²) in [6, 6.07) is 14.0. The highest BCUT2D eigenvalue weighted by molar-refractivity contribution is 6.04. The molecular weight excluding hydrogens is 334 g/mol. The maximum Gasteiger partial charge on any atom is 0.321 e. The number of carbonyl (C=O) groups excluding carboxylic acids is 2. The molecule has 9 nitrogen and oxygen atoms in total. The van der Waals surface area contributed by atoms with Crippen molar-refractivity contribution in [3.05, 3.63) is 60.4 Å². The summed E-state index contributed by atoms with van der Waals surface area (Å²) in [5.74, 6) is -0.244. The van der Waals surface area contributed by atoms with Crippen LogP contribution in [0.25, 0.3) is 5.69 Å². The van der Waals surface area contributed by atoms with Gasteiger partial charge in [0.15, 0.2) is 0 Å². The summed E-state index contributed by atoms with van der Waals surface area (Å²) >= 11 is 0. The van der Waals surface area contributed by atoms with E-state index in [4.69, 9.17) is 0 Å². The summed E-state index contributed by atoms with van der Waals surface area (Å²) in [5, 5.41) is 16.6. The zero-order valence-corrected chi connectivity index (χ0v) is 13.7. The summed E-state index contributed by atoms with van der Waals surface area (Å²) in [6.45, 7) is 1.27. The third-order valence-electron chi connectivity index (χ3n) is 4.02. The van der Waals surface area contributed by atoms with Crippen molar-refractivity contribution in [1.82, 2.24) is 25.5 Å². The van der Waals surface area contributed by atoms with Crippen LogP contribution in [0.2, 0.25) is 0 Å². The standard InChI is InChI=1S/C17H15N7O2/c25-16(12-2-1-3-15(10-12)24-11-19-21-22-24)20-13-4-6-14(7-5-13)23-9-8-18-17(23)26/h1-7,10-11H,8-9H2,(H,18,26)(H,20,25). The highest BCUT2D eigenvalue weighted by Gasteiger charge is 2.20. The first kappa shape index (κ1) is 15.8. The number of rotatable bonds is 4. The molecule has 2 N–H and O–H groups in total. The lowest BCUT2D eigenvalue weighted by Gasteiger charge is -2.14. The molecule has 2 aromatic carbocycles. The SMILES string of the molecule is O=C(Nc1ccc(N2CCNC2=O)cc1)c1cccc(-n2cnnn2)c1. The van der Waals surface area contributed by atoms with Crippen molar-refractivity contribution in [2.45, 2.75) is 0 Å². The Balaban J connectivity index is 1.48. The number of hydrogen-bond acceptors (Lipinski definition) is 5. The maximum atomic E-state index is 12.5. The molecule has 0 atom stereocenters. The molecule has 0 unspecified atom stereocenters. The number of aromatic nitrogens is 4. The minimum atomic E-state index is -0.244. The molecule has 1 aliphatic rings. The number of amides is 3. The molecular formula is C17H15N7O2. The second kappa shape index (κ2) is 6.63. The van der Waals surface area contributed by atoms with Gasteiger partial charge in [-0.2, -0.15) is 0 Å². The van der Waals surface area contributed by atoms with Gasteiger partial charge in [0.25, 0.3) is 5.91 Å². The Morgan fingerprint density at radius 2 is 1.96 bits per heavy atom. The Bertz CT molecular complexity index is 938. The molecule has 1 saturated heterocycles. The summed E-state index contributed by atoms with van der Waals surface area (Å²) in [5.41, 5.74) is 2.61. The van der Waals surface area contributed by atoms with E-state index in [9.17, 15) is 9.59 Å². The van der Waals surface area contributed by atoms with Crippen LogP contribution in [0.1, 0.15) is 10.4 Å². The largest absolute Gasteiger partial charge is 0.336 e. The molecule has 0 saturated carbocycles. The lowest BCUT2D eigenvalue weighted by molar-refractivity contribution is 0.102. The van der Waals surface area contributed by atoms with Crippen LogP contribution < -0.4 is 15.5 Å². The van der Waals surface area contributed by atoms with E-state index < -0.39 is 0 Å². The average molecular weight is 349 g/mol. The molecule has 1 aromatic heterocycles. The molecule has 3 amide bonds. The Morgan fingerprint density at radius 1 is 1.12 bits per heavy atom. The highest BCUT2D eigenvalue weighted by atomic mass is 16.2. The Hall–Kier alpha value is -3.75. The normalized spacial score (nSPS) is 13.5. The molecule has 0 spiro atoms. The maximum absolute atomic E-state index is 12.5. The van der Waals surface area contributed by atoms with Gasteiger partial charge in [0.1, 0.15) is 6.33 Å². The van der Waals surface area contributed by atoms with Gasteiger partial charge in [0.05, 0.1) is 5.69 Å². The first-order valence-electron chi connectivity index (χ1n) is 8.01. The van der Waals surface area contributed by atoms with E-state index >= 15 is 0 Å². The van der Waals surface area contributed by atoms with E-state index in [-0.39, 0.29) is 11.9 Å². The van der Waals surface area contributed by atoms with Gasteiger partial charge >= 0.3 is 6.03 Å². The molecule has 130 valence electrons. The van der Waals surface area contributed by atoms with Crippen LogP contribution in [0.5, 0.6) is 0 Å². The van der Waals surface area contributed by atoms with Crippen LogP contribution in [0.3, 0.4) is 0 Å². The van der Waals surface area contributed by atoms with E-state index in [0.717, 1.165) is 5.69 Å². The van der Waals surface area contributed by atoms with Gasteiger partial charge < -0.3 is 10.6 Å². The van der Waals surface area contributed by atoms with Crippen LogP contribution in [0.4, 0.5) is 16.2 Å². The fourth-order valence-corrected chi connectivity index (χ4v) is 2.72. The zero-order valence-electron chi connectivity index (χ0n) is 13.7. The Labute approximate surface area is 148 Å². The third kappa shape index (κ3) is 3.09. The average Bonchev–Trinajstić information content (AvgIpc) is 3.34. The van der Waals surface area contributed by atoms with E-state index in [1.165, 1.54) is 11.0 Å². The first-order chi connectivity index (χ1) is 12.7. The van der Waals surface area contributed by atoms with Gasteiger partial charge in [-0.1, -0.05) is 6.07 Å². The predicted octanol–water partition coefficient (Wildman–Crippen LogP) is 1.44. The monoisotopic (exact) mass is 349 g/mol. The minimum Gasteiger partial charge on any atom is -0.336 e. The van der Waals surface area contributed by atoms with Crippen molar-refractivity contribution in [3.8, 4) is 5.69 Å². The van der Waals surface area contributed by atoms with E-state index in [1.807, 2.05) is 6.07 Å². The zero-order chi connectivity index (χ0) is 17.9. The fourth-order valence-electron chi connectivity index (χ4n) is 2.72. The number of nitrogens with zero attached hydrogens (tertiary/aromatic N) is 5. The van der Waals surface area contributed by atoms with Crippen molar-refractivity contribution < 1.29 is 9.59 Å². The number of tetrazole rings is 1. The van der Waals surface area contributed by atoms with Crippen molar-refractivity contribution in [2.24, 2.45) is 0 Å². The Kier molecular flexibility index (Phi) is 4.02. The molecule has 1 aliphatic heterocycles. The highest BCUT2D eigenvalue weighted by Crippen LogP contribution is 2.20. The molecule has 0 radical (unpaired) electrons. The molecule has 9 heteroatoms. The van der Waals surface area contributed by atoms with E-state index in [1.54, 1.807) is 47.4 Å². The van der Waals surface area contributed by atoms with Gasteiger partial charge in [-0.05, 0) is 52.9 Å². The predicted molar refractivity (Wildman–Crippen MR) is 94.3 cm³/mol. The van der Waals surface area contributed by atoms with Crippen molar-refractivity contribution in [2.75, 3.05) is 23.3 Å². The molecule has 3 aromatic rings. The summed E-state index contributed by atoms with van der Waals surface area (Å²) in [4.78, 5) is 25.8. The lowest BCUT2D eigenvalue weighted by atomic mass is 10.2. The minimum absolute atomic E-state index is 0.110. The molecule has 4 rings (SSSR count). The van der Waals surface area contributed by atoms with Gasteiger partial charge in [-0.25, -0.2) is 9.48 Å². The van der Waals surface area contributed by atoms with E-state index in [2.05, 4.69) is 26.2 Å². The third-order valence-corrected chi connectivity index (χ3v) is 4.02. The quantitative estimate of drug-likeness (QED) is 0.742. The van der Waals surface area contributed by atoms with Gasteiger partial charge in [-0.15, -0.1) is 5.10 Å². The Morgan fingerprint density at radius 3 is 2.65 bits per heavy atom. The summed E-state index contributed by atoms with van der Waals surface area (Å²) in [6.07, 6.45) is 1.46. The van der Waals surface area contributed by atoms with Gasteiger partial charge in [-0.3, -0.25) is 9.69 Å². The summed E-state index contributed by atoms with van der Waals surface area (Å²) in [7, 11) is 0. The first-order valence-corrected chi connectivity index (χ1v) is 8.01. The number of hydrogen-bond donors (Lipinski definition) is 2. The van der Waals surface area contributed by atoms with Crippen LogP contribution in [0, 0.1) is 0 Å². The molecule has 1 fully saturated rings. The van der Waals surface area contributed by atoms with Crippen LogP contribution in [0.15, 0.2) is 54.9 Å². The number of anilines is 2. The fraction of sp³-hybridized carbons (Fsp3) is 0.118. The number of urea groups is 1. The topological polar surface area (TPSA) is 105 Å². The van der Waals surface area contributed by atoms with Gasteiger partial charge in [0, 0.05) is 30.0 Å². The second-order valence-electron chi connectivity index (χ2n) is 5.69. The molecule has 0 bridgehead atoms. The molecule has 26 heavy (non-hydrogen) atoms. The lowest BCUT2D eigenvalue weighted by Crippen LogP contribution is -2.27. The number of nitrogens with one attached hydrogen (secondary N) is 2. The molecule has 0 aliphatic carbocycles. The van der Waals surface area contributed by atoms with E-state index in [0.29, 0.717) is 30.0 Å². The van der Waals surface area contributed by atoms with Crippen molar-refractivity contribution >= 4 is 23.3 Å². The van der Waals surface area contributed by atoms with Crippen molar-refractivity contribution in [1.29, 1.82) is 0 Å². The number of benzene rings is 2. The molecule has 2 heterocycles.